The first-order valence-corrected chi connectivity index (χ1v) is 10.2. The number of nitrogens with one attached hydrogen (secondary N) is 2. The molecule has 8 nitrogen and oxygen atoms in total. The molecule has 2 N–H and O–H groups in total. The van der Waals surface area contributed by atoms with E-state index in [9.17, 15) is 9.59 Å². The van der Waals surface area contributed by atoms with Gasteiger partial charge >= 0.3 is 12.1 Å². The van der Waals surface area contributed by atoms with Crippen molar-refractivity contribution in [2.24, 2.45) is 0 Å². The molecule has 0 spiro atoms. The van der Waals surface area contributed by atoms with Gasteiger partial charge in [0, 0.05) is 26.2 Å². The van der Waals surface area contributed by atoms with Gasteiger partial charge in [0.2, 0.25) is 0 Å². The highest BCUT2D eigenvalue weighted by Gasteiger charge is 2.28. The van der Waals surface area contributed by atoms with E-state index in [0.29, 0.717) is 37.6 Å². The van der Waals surface area contributed by atoms with Crippen LogP contribution in [0.1, 0.15) is 33.3 Å². The summed E-state index contributed by atoms with van der Waals surface area (Å²) in [5, 5.41) is 5.91. The summed E-state index contributed by atoms with van der Waals surface area (Å²) in [6.07, 6.45) is -0.0306. The fourth-order valence-corrected chi connectivity index (χ4v) is 3.95. The Morgan fingerprint density at radius 2 is 1.21 bits per heavy atom. The maximum atomic E-state index is 12.8. The number of ether oxygens (including phenoxy) is 2. The number of rotatable bonds is 2. The van der Waals surface area contributed by atoms with Crippen LogP contribution in [0.25, 0.3) is 0 Å². The molecule has 0 unspecified atom stereocenters. The number of morpholine rings is 2. The summed E-state index contributed by atoms with van der Waals surface area (Å²) in [4.78, 5) is 29.1. The van der Waals surface area contributed by atoms with Gasteiger partial charge in [0.15, 0.2) is 0 Å². The normalized spacial score (nSPS) is 27.5. The minimum absolute atomic E-state index is 0.00742. The van der Waals surface area contributed by atoms with Crippen LogP contribution in [0.4, 0.5) is 21.0 Å². The molecule has 2 aliphatic rings. The molecule has 2 heterocycles. The SMILES string of the molecule is Cc1ccc(NC(=O)N2C[C@H](C)O[C@@H](C)C2)c(NC(=O)N2C[C@@H](C)O[C@@H](C)C2)c1. The molecule has 0 aliphatic carbocycles. The van der Waals surface area contributed by atoms with Crippen molar-refractivity contribution in [1.82, 2.24) is 9.80 Å². The highest BCUT2D eigenvalue weighted by atomic mass is 16.5. The lowest BCUT2D eigenvalue weighted by atomic mass is 10.2. The maximum Gasteiger partial charge on any atom is 0.322 e. The Bertz CT molecular complexity index is 736. The van der Waals surface area contributed by atoms with Crippen molar-refractivity contribution in [2.75, 3.05) is 36.8 Å². The summed E-state index contributed by atoms with van der Waals surface area (Å²) in [6.45, 7) is 11.9. The second-order valence-electron chi connectivity index (χ2n) is 8.23. The van der Waals surface area contributed by atoms with Crippen molar-refractivity contribution in [1.29, 1.82) is 0 Å². The number of aryl methyl sites for hydroxylation is 1. The molecule has 2 aliphatic heterocycles. The quantitative estimate of drug-likeness (QED) is 0.792. The molecule has 0 aromatic heterocycles. The van der Waals surface area contributed by atoms with E-state index in [0.717, 1.165) is 5.56 Å². The Kier molecular flexibility index (Phi) is 6.64. The Hall–Kier alpha value is -2.32. The van der Waals surface area contributed by atoms with Gasteiger partial charge in [-0.15, -0.1) is 0 Å². The van der Waals surface area contributed by atoms with Crippen LogP contribution < -0.4 is 10.6 Å². The Morgan fingerprint density at radius 3 is 1.66 bits per heavy atom. The van der Waals surface area contributed by atoms with Crippen LogP contribution in [0.3, 0.4) is 0 Å². The summed E-state index contributed by atoms with van der Waals surface area (Å²) in [6, 6.07) is 5.21. The molecule has 8 heteroatoms. The first-order chi connectivity index (χ1) is 13.7. The van der Waals surface area contributed by atoms with E-state index in [1.807, 2.05) is 52.8 Å². The van der Waals surface area contributed by atoms with Crippen molar-refractivity contribution < 1.29 is 19.1 Å². The van der Waals surface area contributed by atoms with Crippen LogP contribution in [0.5, 0.6) is 0 Å². The van der Waals surface area contributed by atoms with Crippen LogP contribution >= 0.6 is 0 Å². The third kappa shape index (κ3) is 5.61. The number of amides is 4. The molecule has 0 radical (unpaired) electrons. The fourth-order valence-electron chi connectivity index (χ4n) is 3.95. The van der Waals surface area contributed by atoms with Gasteiger partial charge in [0.05, 0.1) is 35.8 Å². The lowest BCUT2D eigenvalue weighted by Crippen LogP contribution is -2.50. The first kappa shape index (κ1) is 21.4. The zero-order valence-corrected chi connectivity index (χ0v) is 17.9. The van der Waals surface area contributed by atoms with Crippen LogP contribution in [0.2, 0.25) is 0 Å². The van der Waals surface area contributed by atoms with E-state index >= 15 is 0 Å². The zero-order valence-electron chi connectivity index (χ0n) is 17.9. The Balaban J connectivity index is 1.70. The van der Waals surface area contributed by atoms with Gasteiger partial charge in [-0.25, -0.2) is 9.59 Å². The number of nitrogens with zero attached hydrogens (tertiary/aromatic N) is 2. The fraction of sp³-hybridized carbons (Fsp3) is 0.619. The predicted molar refractivity (Wildman–Crippen MR) is 112 cm³/mol. The molecular formula is C21H32N4O4. The topological polar surface area (TPSA) is 83.1 Å². The number of urea groups is 2. The summed E-state index contributed by atoms with van der Waals surface area (Å²) < 4.78 is 11.4. The molecule has 0 saturated carbocycles. The van der Waals surface area contributed by atoms with Crippen molar-refractivity contribution >= 4 is 23.4 Å². The van der Waals surface area contributed by atoms with Crippen molar-refractivity contribution in [3.8, 4) is 0 Å². The maximum absolute atomic E-state index is 12.8. The lowest BCUT2D eigenvalue weighted by Gasteiger charge is -2.36. The van der Waals surface area contributed by atoms with Gasteiger partial charge < -0.3 is 29.9 Å². The van der Waals surface area contributed by atoms with Crippen LogP contribution in [-0.4, -0.2) is 72.5 Å². The molecule has 4 atom stereocenters. The average molecular weight is 405 g/mol. The first-order valence-electron chi connectivity index (χ1n) is 10.2. The third-order valence-electron chi connectivity index (χ3n) is 5.07. The van der Waals surface area contributed by atoms with Gasteiger partial charge in [-0.05, 0) is 52.3 Å². The second-order valence-corrected chi connectivity index (χ2v) is 8.23. The minimum Gasteiger partial charge on any atom is -0.372 e. The van der Waals surface area contributed by atoms with Gasteiger partial charge in [-0.3, -0.25) is 0 Å². The molecule has 29 heavy (non-hydrogen) atoms. The summed E-state index contributed by atoms with van der Waals surface area (Å²) in [7, 11) is 0. The van der Waals surface area contributed by atoms with Crippen molar-refractivity contribution in [2.45, 2.75) is 59.0 Å². The van der Waals surface area contributed by atoms with E-state index in [2.05, 4.69) is 10.6 Å². The number of hydrogen-bond acceptors (Lipinski definition) is 4. The minimum atomic E-state index is -0.194. The standard InChI is InChI=1S/C21H32N4O4/c1-13-6-7-18(22-20(26)24-9-14(2)28-15(3)10-24)19(8-13)23-21(27)25-11-16(4)29-17(5)12-25/h6-8,14-17H,9-12H2,1-5H3,(H,22,26)(H,23,27)/t14-,15-,16-,17+/m0/s1. The summed E-state index contributed by atoms with van der Waals surface area (Å²) >= 11 is 0. The number of carbonyl (C=O) groups excluding carboxylic acids is 2. The van der Waals surface area contributed by atoms with Gasteiger partial charge in [0.25, 0.3) is 0 Å². The van der Waals surface area contributed by atoms with E-state index in [1.165, 1.54) is 0 Å². The van der Waals surface area contributed by atoms with Crippen LogP contribution in [0.15, 0.2) is 18.2 Å². The summed E-state index contributed by atoms with van der Waals surface area (Å²) in [5.41, 5.74) is 2.16. The van der Waals surface area contributed by atoms with Gasteiger partial charge in [-0.1, -0.05) is 6.07 Å². The van der Waals surface area contributed by atoms with Gasteiger partial charge in [0.1, 0.15) is 0 Å². The largest absolute Gasteiger partial charge is 0.372 e. The monoisotopic (exact) mass is 404 g/mol. The molecule has 3 rings (SSSR count). The lowest BCUT2D eigenvalue weighted by molar-refractivity contribution is -0.0531. The van der Waals surface area contributed by atoms with Crippen molar-refractivity contribution in [3.05, 3.63) is 23.8 Å². The molecule has 1 aromatic carbocycles. The van der Waals surface area contributed by atoms with Crippen LogP contribution in [0, 0.1) is 6.92 Å². The predicted octanol–water partition coefficient (Wildman–Crippen LogP) is 3.28. The number of carbonyl (C=O) groups is 2. The number of benzene rings is 1. The highest BCUT2D eigenvalue weighted by molar-refractivity contribution is 5.98. The Labute approximate surface area is 172 Å². The molecule has 1 aromatic rings. The van der Waals surface area contributed by atoms with E-state index in [4.69, 9.17) is 9.47 Å². The number of hydrogen-bond donors (Lipinski definition) is 2. The number of anilines is 2. The van der Waals surface area contributed by atoms with E-state index < -0.39 is 0 Å². The molecular weight excluding hydrogens is 372 g/mol. The molecule has 2 fully saturated rings. The second kappa shape index (κ2) is 9.00. The van der Waals surface area contributed by atoms with E-state index in [-0.39, 0.29) is 36.5 Å². The van der Waals surface area contributed by atoms with Gasteiger partial charge in [-0.2, -0.15) is 0 Å². The Morgan fingerprint density at radius 1 is 0.793 bits per heavy atom. The highest BCUT2D eigenvalue weighted by Crippen LogP contribution is 2.25. The third-order valence-corrected chi connectivity index (χ3v) is 5.07. The summed E-state index contributed by atoms with van der Waals surface area (Å²) in [5.74, 6) is 0. The smallest absolute Gasteiger partial charge is 0.322 e. The average Bonchev–Trinajstić information content (AvgIpc) is 2.62. The zero-order chi connectivity index (χ0) is 21.1. The molecule has 0 bridgehead atoms. The molecule has 160 valence electrons. The van der Waals surface area contributed by atoms with Crippen LogP contribution in [-0.2, 0) is 9.47 Å². The molecule has 4 amide bonds. The molecule has 2 saturated heterocycles. The van der Waals surface area contributed by atoms with Crippen molar-refractivity contribution in [3.63, 3.8) is 0 Å². The van der Waals surface area contributed by atoms with E-state index in [1.54, 1.807) is 9.80 Å².